The highest BCUT2D eigenvalue weighted by Crippen LogP contribution is 2.44. The van der Waals surface area contributed by atoms with E-state index in [9.17, 15) is 0 Å². The highest BCUT2D eigenvalue weighted by atomic mass is 16.5. The van der Waals surface area contributed by atoms with Crippen molar-refractivity contribution in [3.63, 3.8) is 0 Å². The molecule has 25 heavy (non-hydrogen) atoms. The third kappa shape index (κ3) is 2.43. The Morgan fingerprint density at radius 2 is 1.80 bits per heavy atom. The van der Waals surface area contributed by atoms with E-state index >= 15 is 0 Å². The van der Waals surface area contributed by atoms with Crippen molar-refractivity contribution >= 4 is 17.1 Å². The number of aryl methyl sites for hydroxylation is 1. The Kier molecular flexibility index (Phi) is 3.64. The fourth-order valence-electron chi connectivity index (χ4n) is 3.48. The Morgan fingerprint density at radius 1 is 1.04 bits per heavy atom. The summed E-state index contributed by atoms with van der Waals surface area (Å²) < 4.78 is 7.66. The highest BCUT2D eigenvalue weighted by Gasteiger charge is 2.31. The number of hydrogen-bond acceptors (Lipinski definition) is 4. The minimum Gasteiger partial charge on any atom is -0.494 e. The van der Waals surface area contributed by atoms with Crippen LogP contribution >= 0.6 is 0 Å². The molecule has 0 bridgehead atoms. The topological polar surface area (TPSA) is 33.5 Å². The number of methoxy groups -OCH3 is 1. The molecule has 0 amide bonds. The summed E-state index contributed by atoms with van der Waals surface area (Å²) in [6.45, 7) is 4.19. The second-order valence-corrected chi connectivity index (χ2v) is 6.38. The van der Waals surface area contributed by atoms with E-state index in [0.29, 0.717) is 0 Å². The molecule has 1 atom stereocenters. The van der Waals surface area contributed by atoms with Crippen LogP contribution in [0.2, 0.25) is 0 Å². The summed E-state index contributed by atoms with van der Waals surface area (Å²) in [5.41, 5.74) is 5.53. The van der Waals surface area contributed by atoms with Crippen LogP contribution in [0.15, 0.2) is 55.0 Å². The van der Waals surface area contributed by atoms with Gasteiger partial charge in [0.2, 0.25) is 0 Å². The molecule has 0 saturated heterocycles. The number of rotatable bonds is 3. The van der Waals surface area contributed by atoms with E-state index in [1.807, 2.05) is 24.0 Å². The zero-order valence-electron chi connectivity index (χ0n) is 15.0. The first-order valence-electron chi connectivity index (χ1n) is 8.40. The van der Waals surface area contributed by atoms with Crippen molar-refractivity contribution in [3.8, 4) is 11.4 Å². The van der Waals surface area contributed by atoms with Crippen molar-refractivity contribution in [2.24, 2.45) is 0 Å². The third-order valence-electron chi connectivity index (χ3n) is 4.89. The second-order valence-electron chi connectivity index (χ2n) is 6.38. The molecule has 2 aromatic carbocycles. The molecule has 5 heteroatoms. The molecule has 0 N–H and O–H groups in total. The van der Waals surface area contributed by atoms with Gasteiger partial charge in [0, 0.05) is 25.0 Å². The lowest BCUT2D eigenvalue weighted by molar-refractivity contribution is 0.413. The van der Waals surface area contributed by atoms with E-state index in [4.69, 9.17) is 4.74 Å². The summed E-state index contributed by atoms with van der Waals surface area (Å²) in [4.78, 5) is 8.93. The highest BCUT2D eigenvalue weighted by molar-refractivity contribution is 5.84. The van der Waals surface area contributed by atoms with Gasteiger partial charge < -0.3 is 19.1 Å². The molecule has 1 aromatic heterocycles. The first-order valence-corrected chi connectivity index (χ1v) is 8.40. The molecule has 1 aliphatic rings. The van der Waals surface area contributed by atoms with Crippen molar-refractivity contribution in [2.45, 2.75) is 20.0 Å². The third-order valence-corrected chi connectivity index (χ3v) is 4.89. The molecule has 5 nitrogen and oxygen atoms in total. The molecule has 0 aliphatic carbocycles. The van der Waals surface area contributed by atoms with Crippen LogP contribution in [0, 0.1) is 6.92 Å². The van der Waals surface area contributed by atoms with Crippen LogP contribution in [-0.2, 0) is 0 Å². The minimum absolute atomic E-state index is 0.239. The van der Waals surface area contributed by atoms with Crippen LogP contribution in [-0.4, -0.2) is 29.9 Å². The van der Waals surface area contributed by atoms with Gasteiger partial charge in [-0.2, -0.15) is 0 Å². The lowest BCUT2D eigenvalue weighted by atomic mass is 10.2. The Balaban J connectivity index is 1.79. The largest absolute Gasteiger partial charge is 0.494 e. The molecule has 4 rings (SSSR count). The lowest BCUT2D eigenvalue weighted by Gasteiger charge is -2.28. The van der Waals surface area contributed by atoms with Crippen LogP contribution in [0.25, 0.3) is 5.69 Å². The van der Waals surface area contributed by atoms with Crippen LogP contribution in [0.4, 0.5) is 17.1 Å². The number of benzene rings is 2. The van der Waals surface area contributed by atoms with E-state index in [1.165, 1.54) is 11.4 Å². The Labute approximate surface area is 148 Å². The molecule has 0 spiro atoms. The molecule has 0 fully saturated rings. The number of anilines is 3. The molecular weight excluding hydrogens is 312 g/mol. The van der Waals surface area contributed by atoms with Gasteiger partial charge >= 0.3 is 0 Å². The second kappa shape index (κ2) is 5.84. The molecule has 128 valence electrons. The smallest absolute Gasteiger partial charge is 0.144 e. The zero-order valence-corrected chi connectivity index (χ0v) is 15.0. The van der Waals surface area contributed by atoms with Gasteiger partial charge in [0.1, 0.15) is 11.9 Å². The maximum Gasteiger partial charge on any atom is 0.144 e. The summed E-state index contributed by atoms with van der Waals surface area (Å²) in [6.07, 6.45) is 4.05. The predicted octanol–water partition coefficient (Wildman–Crippen LogP) is 4.12. The van der Waals surface area contributed by atoms with Crippen LogP contribution < -0.4 is 14.5 Å². The fourth-order valence-corrected chi connectivity index (χ4v) is 3.48. The quantitative estimate of drug-likeness (QED) is 0.721. The average Bonchev–Trinajstić information content (AvgIpc) is 3.17. The number of aromatic nitrogens is 2. The molecule has 0 saturated carbocycles. The molecule has 1 unspecified atom stereocenters. The van der Waals surface area contributed by atoms with E-state index in [1.54, 1.807) is 7.11 Å². The van der Waals surface area contributed by atoms with Gasteiger partial charge in [-0.15, -0.1) is 0 Å². The first kappa shape index (κ1) is 15.6. The maximum atomic E-state index is 5.67. The molecule has 3 aromatic rings. The minimum atomic E-state index is 0.239. The Hall–Kier alpha value is -2.95. The van der Waals surface area contributed by atoms with E-state index < -0.39 is 0 Å². The summed E-state index contributed by atoms with van der Waals surface area (Å²) in [6, 6.07) is 14.8. The molecule has 2 heterocycles. The van der Waals surface area contributed by atoms with Gasteiger partial charge in [0.15, 0.2) is 0 Å². The van der Waals surface area contributed by atoms with Gasteiger partial charge in [0.05, 0.1) is 36.2 Å². The van der Waals surface area contributed by atoms with Crippen LogP contribution in [0.1, 0.15) is 12.6 Å². The van der Waals surface area contributed by atoms with E-state index in [2.05, 4.69) is 71.2 Å². The number of imidazole rings is 1. The standard InChI is InChI=1S/C20H22N4O/c1-14-12-23(13-21-14)19-10-9-16(11-20(19)25-4)24-15(2)22(3)17-7-5-6-8-18(17)24/h5-13,15H,1-4H3. The van der Waals surface area contributed by atoms with Gasteiger partial charge in [-0.1, -0.05) is 12.1 Å². The van der Waals surface area contributed by atoms with Crippen molar-refractivity contribution in [2.75, 3.05) is 24.0 Å². The van der Waals surface area contributed by atoms with Crippen LogP contribution in [0.3, 0.4) is 0 Å². The van der Waals surface area contributed by atoms with E-state index in [0.717, 1.165) is 22.8 Å². The monoisotopic (exact) mass is 334 g/mol. The summed E-state index contributed by atoms with van der Waals surface area (Å²) in [7, 11) is 3.84. The summed E-state index contributed by atoms with van der Waals surface area (Å²) in [5.74, 6) is 0.828. The lowest BCUT2D eigenvalue weighted by Crippen LogP contribution is -2.35. The maximum absolute atomic E-state index is 5.67. The van der Waals surface area contributed by atoms with E-state index in [-0.39, 0.29) is 6.17 Å². The van der Waals surface area contributed by atoms with Crippen molar-refractivity contribution in [3.05, 3.63) is 60.7 Å². The average molecular weight is 334 g/mol. The molecular formula is C20H22N4O. The number of fused-ring (bicyclic) bond motifs is 1. The Bertz CT molecular complexity index is 918. The number of para-hydroxylation sites is 2. The van der Waals surface area contributed by atoms with Gasteiger partial charge in [-0.3, -0.25) is 0 Å². The normalized spacial score (nSPS) is 16.2. The van der Waals surface area contributed by atoms with Crippen molar-refractivity contribution in [1.29, 1.82) is 0 Å². The number of nitrogens with zero attached hydrogens (tertiary/aromatic N) is 4. The number of ether oxygens (including phenoxy) is 1. The first-order chi connectivity index (χ1) is 12.1. The van der Waals surface area contributed by atoms with Crippen molar-refractivity contribution < 1.29 is 4.74 Å². The van der Waals surface area contributed by atoms with Gasteiger partial charge in [-0.25, -0.2) is 4.98 Å². The SMILES string of the molecule is COc1cc(N2c3ccccc3N(C)C2C)ccc1-n1cnc(C)c1. The van der Waals surface area contributed by atoms with Gasteiger partial charge in [0.25, 0.3) is 0 Å². The van der Waals surface area contributed by atoms with Gasteiger partial charge in [-0.05, 0) is 38.1 Å². The predicted molar refractivity (Wildman–Crippen MR) is 101 cm³/mol. The fraction of sp³-hybridized carbons (Fsp3) is 0.250. The Morgan fingerprint density at radius 3 is 2.48 bits per heavy atom. The van der Waals surface area contributed by atoms with Crippen LogP contribution in [0.5, 0.6) is 5.75 Å². The summed E-state index contributed by atoms with van der Waals surface area (Å²) >= 11 is 0. The van der Waals surface area contributed by atoms with Crippen molar-refractivity contribution in [1.82, 2.24) is 9.55 Å². The molecule has 0 radical (unpaired) electrons. The summed E-state index contributed by atoms with van der Waals surface area (Å²) in [5, 5.41) is 0. The number of hydrogen-bond donors (Lipinski definition) is 0. The molecule has 1 aliphatic heterocycles. The zero-order chi connectivity index (χ0) is 17.6.